The molecule has 1 unspecified atom stereocenters. The van der Waals surface area contributed by atoms with Gasteiger partial charge in [0.1, 0.15) is 17.3 Å². The molecule has 2 atom stereocenters. The Balaban J connectivity index is 1.78. The zero-order valence-corrected chi connectivity index (χ0v) is 15.4. The van der Waals surface area contributed by atoms with E-state index in [9.17, 15) is 9.90 Å². The highest BCUT2D eigenvalue weighted by Crippen LogP contribution is 2.34. The average molecular weight is 376 g/mol. The van der Waals surface area contributed by atoms with E-state index in [-0.39, 0.29) is 18.4 Å². The summed E-state index contributed by atoms with van der Waals surface area (Å²) in [5.74, 6) is 0.466. The maximum atomic E-state index is 12.4. The Hall–Kier alpha value is -3.19. The molecule has 0 saturated carbocycles. The van der Waals surface area contributed by atoms with Crippen molar-refractivity contribution >= 4 is 16.9 Å². The number of carbonyl (C=O) groups excluding carboxylic acids is 1. The third-order valence-electron chi connectivity index (χ3n) is 5.34. The highest BCUT2D eigenvalue weighted by atomic mass is 16.5. The number of carbonyl (C=O) groups is 1. The molecule has 4 heterocycles. The maximum Gasteiger partial charge on any atom is 0.253 e. The van der Waals surface area contributed by atoms with E-state index in [1.807, 2.05) is 43.3 Å². The predicted molar refractivity (Wildman–Crippen MR) is 104 cm³/mol. The molecule has 3 aromatic rings. The molecule has 2 aliphatic rings. The molecule has 1 amide bonds. The van der Waals surface area contributed by atoms with Gasteiger partial charge in [0.05, 0.1) is 17.7 Å². The second kappa shape index (κ2) is 6.45. The van der Waals surface area contributed by atoms with Gasteiger partial charge in [0.2, 0.25) is 5.88 Å². The quantitative estimate of drug-likeness (QED) is 0.567. The minimum absolute atomic E-state index is 0.0655. The number of H-pyrrole nitrogens is 1. The minimum atomic E-state index is -0.505. The van der Waals surface area contributed by atoms with Crippen molar-refractivity contribution < 1.29 is 14.6 Å². The number of aliphatic hydroxyl groups is 1. The standard InChI is InChI=1S/C21H20N4O3/c1-11-21-25-19-14(6-3-7-16(19)23-11)17-8-15-18(24-17)12(9-22-20(15)27)4-2-5-13(10-26)28-21/h2-3,5-8,12-13,24,26H,4,9-10H2,1H3,(H,22,27)/b5-2-/t12-,13?/m0/s1. The van der Waals surface area contributed by atoms with Crippen LogP contribution in [-0.2, 0) is 0 Å². The number of fused-ring (bicyclic) bond motifs is 3. The van der Waals surface area contributed by atoms with Crippen LogP contribution in [0, 0.1) is 6.92 Å². The number of hydrogen-bond donors (Lipinski definition) is 3. The number of aryl methyl sites for hydroxylation is 1. The summed E-state index contributed by atoms with van der Waals surface area (Å²) in [5.41, 5.74) is 5.41. The molecule has 28 heavy (non-hydrogen) atoms. The normalized spacial score (nSPS) is 22.0. The number of allylic oxidation sites excluding steroid dienone is 1. The molecule has 7 heteroatoms. The number of aromatic amines is 1. The largest absolute Gasteiger partial charge is 0.466 e. The van der Waals surface area contributed by atoms with Gasteiger partial charge >= 0.3 is 0 Å². The zero-order valence-electron chi connectivity index (χ0n) is 15.4. The minimum Gasteiger partial charge on any atom is -0.466 e. The number of benzene rings is 1. The number of aromatic nitrogens is 3. The van der Waals surface area contributed by atoms with Crippen molar-refractivity contribution in [3.8, 4) is 17.1 Å². The first-order chi connectivity index (χ1) is 13.6. The molecule has 142 valence electrons. The van der Waals surface area contributed by atoms with Crippen molar-refractivity contribution in [3.63, 3.8) is 0 Å². The number of rotatable bonds is 1. The molecule has 0 aliphatic carbocycles. The molecule has 0 saturated heterocycles. The van der Waals surface area contributed by atoms with Crippen molar-refractivity contribution in [2.75, 3.05) is 13.2 Å². The zero-order chi connectivity index (χ0) is 19.3. The van der Waals surface area contributed by atoms with Gasteiger partial charge in [0.15, 0.2) is 0 Å². The second-order valence-electron chi connectivity index (χ2n) is 7.21. The fraction of sp³-hybridized carbons (Fsp3) is 0.286. The fourth-order valence-corrected chi connectivity index (χ4v) is 3.89. The Kier molecular flexibility index (Phi) is 3.91. The summed E-state index contributed by atoms with van der Waals surface area (Å²) in [7, 11) is 0. The Morgan fingerprint density at radius 3 is 3.04 bits per heavy atom. The van der Waals surface area contributed by atoms with Crippen LogP contribution in [0.4, 0.5) is 0 Å². The van der Waals surface area contributed by atoms with Gasteiger partial charge in [-0.15, -0.1) is 0 Å². The highest BCUT2D eigenvalue weighted by molar-refractivity contribution is 6.00. The topological polar surface area (TPSA) is 100 Å². The molecule has 2 aliphatic heterocycles. The Morgan fingerprint density at radius 2 is 2.18 bits per heavy atom. The smallest absolute Gasteiger partial charge is 0.253 e. The van der Waals surface area contributed by atoms with Crippen molar-refractivity contribution in [2.45, 2.75) is 25.4 Å². The van der Waals surface area contributed by atoms with Gasteiger partial charge in [0, 0.05) is 29.4 Å². The van der Waals surface area contributed by atoms with Crippen LogP contribution in [0.2, 0.25) is 0 Å². The van der Waals surface area contributed by atoms with Gasteiger partial charge in [-0.05, 0) is 31.6 Å². The summed E-state index contributed by atoms with van der Waals surface area (Å²) in [6, 6.07) is 7.68. The fourth-order valence-electron chi connectivity index (χ4n) is 3.89. The van der Waals surface area contributed by atoms with E-state index in [4.69, 9.17) is 9.72 Å². The maximum absolute atomic E-state index is 12.4. The third-order valence-corrected chi connectivity index (χ3v) is 5.34. The molecule has 3 N–H and O–H groups in total. The van der Waals surface area contributed by atoms with Crippen LogP contribution in [-0.4, -0.2) is 45.2 Å². The lowest BCUT2D eigenvalue weighted by Crippen LogP contribution is -2.34. The van der Waals surface area contributed by atoms with E-state index in [1.165, 1.54) is 0 Å². The Morgan fingerprint density at radius 1 is 1.29 bits per heavy atom. The summed E-state index contributed by atoms with van der Waals surface area (Å²) >= 11 is 0. The number of ether oxygens (including phenoxy) is 1. The van der Waals surface area contributed by atoms with Crippen LogP contribution in [0.1, 0.15) is 34.1 Å². The van der Waals surface area contributed by atoms with Gasteiger partial charge in [-0.2, -0.15) is 0 Å². The number of nitrogens with zero attached hydrogens (tertiary/aromatic N) is 2. The van der Waals surface area contributed by atoms with Crippen LogP contribution in [0.25, 0.3) is 22.3 Å². The number of para-hydroxylation sites is 1. The molecule has 7 nitrogen and oxygen atoms in total. The third kappa shape index (κ3) is 2.66. The van der Waals surface area contributed by atoms with E-state index in [0.29, 0.717) is 29.2 Å². The first-order valence-corrected chi connectivity index (χ1v) is 9.37. The molecule has 2 aromatic heterocycles. The van der Waals surface area contributed by atoms with E-state index in [1.54, 1.807) is 0 Å². The van der Waals surface area contributed by atoms with Crippen molar-refractivity contribution in [1.82, 2.24) is 20.3 Å². The van der Waals surface area contributed by atoms with Crippen LogP contribution < -0.4 is 10.1 Å². The summed E-state index contributed by atoms with van der Waals surface area (Å²) in [6.07, 6.45) is 4.04. The van der Waals surface area contributed by atoms with Crippen molar-refractivity contribution in [2.24, 2.45) is 0 Å². The summed E-state index contributed by atoms with van der Waals surface area (Å²) in [5, 5.41) is 12.7. The lowest BCUT2D eigenvalue weighted by Gasteiger charge is -2.22. The molecule has 0 radical (unpaired) electrons. The molecule has 1 aromatic carbocycles. The molecule has 0 fully saturated rings. The SMILES string of the molecule is Cc1nc2cccc3c2nc1OC(CO)/C=C\C[C@H]1CNC(=O)c2cc-3[nH]c21. The highest BCUT2D eigenvalue weighted by Gasteiger charge is 2.28. The number of nitrogens with one attached hydrogen (secondary N) is 2. The lowest BCUT2D eigenvalue weighted by atomic mass is 9.94. The molecular formula is C21H20N4O3. The van der Waals surface area contributed by atoms with Crippen molar-refractivity contribution in [3.05, 3.63) is 53.4 Å². The molecule has 4 bridgehead atoms. The first kappa shape index (κ1) is 16.9. The van der Waals surface area contributed by atoms with E-state index in [2.05, 4.69) is 15.3 Å². The lowest BCUT2D eigenvalue weighted by molar-refractivity contribution is 0.0940. The Labute approximate surface area is 161 Å². The van der Waals surface area contributed by atoms with Gasteiger partial charge in [0.25, 0.3) is 5.91 Å². The number of amides is 1. The molecule has 0 spiro atoms. The summed E-state index contributed by atoms with van der Waals surface area (Å²) < 4.78 is 5.94. The number of aliphatic hydroxyl groups excluding tert-OH is 1. The second-order valence-corrected chi connectivity index (χ2v) is 7.21. The van der Waals surface area contributed by atoms with Crippen LogP contribution in [0.5, 0.6) is 5.88 Å². The van der Waals surface area contributed by atoms with Gasteiger partial charge in [-0.3, -0.25) is 4.79 Å². The van der Waals surface area contributed by atoms with Crippen LogP contribution in [0.15, 0.2) is 36.4 Å². The van der Waals surface area contributed by atoms with Gasteiger partial charge in [-0.1, -0.05) is 18.2 Å². The van der Waals surface area contributed by atoms with E-state index in [0.717, 1.165) is 28.9 Å². The van der Waals surface area contributed by atoms with Gasteiger partial charge < -0.3 is 20.1 Å². The molecular weight excluding hydrogens is 356 g/mol. The van der Waals surface area contributed by atoms with Crippen LogP contribution >= 0.6 is 0 Å². The summed E-state index contributed by atoms with van der Waals surface area (Å²) in [4.78, 5) is 25.2. The average Bonchev–Trinajstić information content (AvgIpc) is 3.14. The van der Waals surface area contributed by atoms with E-state index < -0.39 is 6.10 Å². The van der Waals surface area contributed by atoms with Crippen molar-refractivity contribution in [1.29, 1.82) is 0 Å². The Bertz CT molecular complexity index is 1120. The van der Waals surface area contributed by atoms with Crippen LogP contribution in [0.3, 0.4) is 0 Å². The van der Waals surface area contributed by atoms with E-state index >= 15 is 0 Å². The summed E-state index contributed by atoms with van der Waals surface area (Å²) in [6.45, 7) is 2.25. The van der Waals surface area contributed by atoms with Gasteiger partial charge in [-0.25, -0.2) is 9.97 Å². The number of hydrogen-bond acceptors (Lipinski definition) is 5. The molecule has 5 rings (SSSR count). The predicted octanol–water partition coefficient (Wildman–Crippen LogP) is 2.46. The first-order valence-electron chi connectivity index (χ1n) is 9.37. The monoisotopic (exact) mass is 376 g/mol.